The maximum atomic E-state index is 13.3. The highest BCUT2D eigenvalue weighted by Crippen LogP contribution is 2.31. The second-order valence-corrected chi connectivity index (χ2v) is 5.93. The summed E-state index contributed by atoms with van der Waals surface area (Å²) in [5.74, 6) is -1.86. The quantitative estimate of drug-likeness (QED) is 0.551. The highest BCUT2D eigenvalue weighted by atomic mass is 19.4. The van der Waals surface area contributed by atoms with Crippen molar-refractivity contribution in [3.8, 4) is 6.07 Å². The first-order valence-corrected chi connectivity index (χ1v) is 8.15. The number of aromatic nitrogens is 2. The molecule has 6 nitrogen and oxygen atoms in total. The fourth-order valence-electron chi connectivity index (χ4n) is 2.63. The molecule has 0 saturated heterocycles. The van der Waals surface area contributed by atoms with E-state index in [1.807, 2.05) is 6.07 Å². The largest absolute Gasteiger partial charge is 0.449 e. The van der Waals surface area contributed by atoms with Crippen LogP contribution in [0.3, 0.4) is 0 Å². The molecule has 1 N–H and O–H groups in total. The van der Waals surface area contributed by atoms with E-state index in [0.717, 1.165) is 4.57 Å². The van der Waals surface area contributed by atoms with Gasteiger partial charge in [0, 0.05) is 0 Å². The van der Waals surface area contributed by atoms with Crippen molar-refractivity contribution in [3.63, 3.8) is 0 Å². The normalized spacial score (nSPS) is 12.0. The summed E-state index contributed by atoms with van der Waals surface area (Å²) in [6, 6.07) is 14.6. The second kappa shape index (κ2) is 7.52. The second-order valence-electron chi connectivity index (χ2n) is 5.93. The van der Waals surface area contributed by atoms with Gasteiger partial charge in [0.2, 0.25) is 5.82 Å². The van der Waals surface area contributed by atoms with E-state index in [1.165, 1.54) is 12.1 Å². The lowest BCUT2D eigenvalue weighted by Crippen LogP contribution is -2.27. The number of nitrogens with zero attached hydrogens (tertiary/aromatic N) is 4. The Morgan fingerprint density at radius 1 is 1.21 bits per heavy atom. The van der Waals surface area contributed by atoms with Gasteiger partial charge in [0.05, 0.1) is 28.4 Å². The zero-order valence-corrected chi connectivity index (χ0v) is 14.7. The molecule has 28 heavy (non-hydrogen) atoms. The Balaban J connectivity index is 1.80. The van der Waals surface area contributed by atoms with Crippen LogP contribution in [0.2, 0.25) is 0 Å². The monoisotopic (exact) mass is 385 g/mol. The molecule has 0 unspecified atom stereocenters. The van der Waals surface area contributed by atoms with Crippen molar-refractivity contribution in [2.75, 3.05) is 0 Å². The van der Waals surface area contributed by atoms with Gasteiger partial charge in [-0.15, -0.1) is 0 Å². The Bertz CT molecular complexity index is 1090. The smallest absolute Gasteiger partial charge is 0.311 e. The van der Waals surface area contributed by atoms with Gasteiger partial charge in [-0.3, -0.25) is 4.79 Å². The summed E-state index contributed by atoms with van der Waals surface area (Å²) in [7, 11) is 0. The third-order valence-corrected chi connectivity index (χ3v) is 3.99. The van der Waals surface area contributed by atoms with Crippen LogP contribution < -0.4 is 5.43 Å². The van der Waals surface area contributed by atoms with Crippen LogP contribution in [0.25, 0.3) is 11.0 Å². The minimum absolute atomic E-state index is 0.153. The van der Waals surface area contributed by atoms with E-state index in [-0.39, 0.29) is 11.0 Å². The van der Waals surface area contributed by atoms with E-state index < -0.39 is 24.5 Å². The van der Waals surface area contributed by atoms with E-state index >= 15 is 0 Å². The number of alkyl halides is 3. The van der Waals surface area contributed by atoms with Gasteiger partial charge in [-0.2, -0.15) is 23.5 Å². The zero-order chi connectivity index (χ0) is 20.3. The van der Waals surface area contributed by atoms with Crippen molar-refractivity contribution in [1.82, 2.24) is 15.0 Å². The van der Waals surface area contributed by atoms with Crippen molar-refractivity contribution >= 4 is 22.7 Å². The highest BCUT2D eigenvalue weighted by molar-refractivity contribution is 5.99. The fraction of sp³-hybridized carbons (Fsp3) is 0.158. The fourth-order valence-corrected chi connectivity index (χ4v) is 2.63. The summed E-state index contributed by atoms with van der Waals surface area (Å²) in [5.41, 5.74) is 4.22. The van der Waals surface area contributed by atoms with Crippen LogP contribution in [0, 0.1) is 11.3 Å². The lowest BCUT2D eigenvalue weighted by Gasteiger charge is -2.10. The number of hydrogen-bond donors (Lipinski definition) is 1. The molecular weight excluding hydrogens is 371 g/mol. The van der Waals surface area contributed by atoms with Crippen molar-refractivity contribution in [2.45, 2.75) is 19.6 Å². The molecule has 1 amide bonds. The number of carbonyl (C=O) groups is 1. The first kappa shape index (κ1) is 19.1. The van der Waals surface area contributed by atoms with E-state index in [9.17, 15) is 18.0 Å². The van der Waals surface area contributed by atoms with Crippen LogP contribution in [-0.4, -0.2) is 21.2 Å². The first-order valence-electron chi connectivity index (χ1n) is 8.15. The summed E-state index contributed by atoms with van der Waals surface area (Å²) in [5, 5.41) is 12.7. The predicted molar refractivity (Wildman–Crippen MR) is 96.2 cm³/mol. The topological polar surface area (TPSA) is 83.1 Å². The molecule has 0 saturated carbocycles. The molecule has 0 radical (unpaired) electrons. The molecule has 0 aliphatic rings. The number of fused-ring (bicyclic) bond motifs is 1. The van der Waals surface area contributed by atoms with E-state index in [2.05, 4.69) is 15.5 Å². The number of para-hydroxylation sites is 2. The standard InChI is InChI=1S/C19H14F3N5O/c1-12(14-8-6-13(10-23)7-9-14)25-26-17(28)11-27-16-5-3-2-4-15(16)24-18(27)19(20,21)22/h2-9H,11H2,1H3,(H,26,28). The summed E-state index contributed by atoms with van der Waals surface area (Å²) in [6.07, 6.45) is -4.69. The minimum Gasteiger partial charge on any atom is -0.311 e. The van der Waals surface area contributed by atoms with Crippen molar-refractivity contribution in [1.29, 1.82) is 5.26 Å². The number of nitriles is 1. The van der Waals surface area contributed by atoms with E-state index in [4.69, 9.17) is 5.26 Å². The van der Waals surface area contributed by atoms with Gasteiger partial charge < -0.3 is 4.57 Å². The summed E-state index contributed by atoms with van der Waals surface area (Å²) >= 11 is 0. The maximum absolute atomic E-state index is 13.3. The summed E-state index contributed by atoms with van der Waals surface area (Å²) < 4.78 is 40.6. The van der Waals surface area contributed by atoms with Crippen LogP contribution in [-0.2, 0) is 17.5 Å². The molecule has 142 valence electrons. The van der Waals surface area contributed by atoms with Crippen LogP contribution in [0.15, 0.2) is 53.6 Å². The number of nitrogens with one attached hydrogen (secondary N) is 1. The number of benzene rings is 2. The van der Waals surface area contributed by atoms with Gasteiger partial charge in [-0.05, 0) is 36.8 Å². The number of amides is 1. The molecule has 0 atom stereocenters. The van der Waals surface area contributed by atoms with Gasteiger partial charge in [-0.1, -0.05) is 24.3 Å². The third-order valence-electron chi connectivity index (χ3n) is 3.99. The van der Waals surface area contributed by atoms with Crippen molar-refractivity contribution in [2.24, 2.45) is 5.10 Å². The molecule has 2 aromatic carbocycles. The number of hydrazone groups is 1. The number of halogens is 3. The third kappa shape index (κ3) is 4.01. The molecule has 0 spiro atoms. The highest BCUT2D eigenvalue weighted by Gasteiger charge is 2.37. The zero-order valence-electron chi connectivity index (χ0n) is 14.7. The summed E-state index contributed by atoms with van der Waals surface area (Å²) in [4.78, 5) is 15.8. The first-order chi connectivity index (χ1) is 13.3. The minimum atomic E-state index is -4.69. The number of hydrogen-bond acceptors (Lipinski definition) is 4. The molecule has 0 aliphatic carbocycles. The van der Waals surface area contributed by atoms with Crippen molar-refractivity contribution in [3.05, 3.63) is 65.5 Å². The van der Waals surface area contributed by atoms with Gasteiger partial charge in [0.25, 0.3) is 5.91 Å². The number of rotatable bonds is 4. The van der Waals surface area contributed by atoms with Gasteiger partial charge >= 0.3 is 6.18 Å². The Kier molecular flexibility index (Phi) is 5.13. The Labute approximate surface area is 157 Å². The molecule has 0 aliphatic heterocycles. The van der Waals surface area contributed by atoms with Crippen LogP contribution in [0.4, 0.5) is 13.2 Å². The average molecular weight is 385 g/mol. The van der Waals surface area contributed by atoms with Gasteiger partial charge in [-0.25, -0.2) is 10.4 Å². The van der Waals surface area contributed by atoms with Crippen LogP contribution in [0.1, 0.15) is 23.9 Å². The molecule has 0 fully saturated rings. The number of imidazole rings is 1. The Morgan fingerprint density at radius 2 is 1.89 bits per heavy atom. The predicted octanol–water partition coefficient (Wildman–Crippen LogP) is 3.47. The average Bonchev–Trinajstić information content (AvgIpc) is 3.05. The van der Waals surface area contributed by atoms with Crippen LogP contribution >= 0.6 is 0 Å². The van der Waals surface area contributed by atoms with E-state index in [1.54, 1.807) is 43.3 Å². The van der Waals surface area contributed by atoms with E-state index in [0.29, 0.717) is 16.8 Å². The molecule has 0 bridgehead atoms. The molecule has 9 heteroatoms. The van der Waals surface area contributed by atoms with Crippen LogP contribution in [0.5, 0.6) is 0 Å². The SMILES string of the molecule is CC(=NNC(=O)Cn1c(C(F)(F)F)nc2ccccc21)c1ccc(C#N)cc1. The molecule has 3 aromatic rings. The maximum Gasteiger partial charge on any atom is 0.449 e. The molecule has 3 rings (SSSR count). The Morgan fingerprint density at radius 3 is 2.54 bits per heavy atom. The van der Waals surface area contributed by atoms with Gasteiger partial charge in [0.1, 0.15) is 6.54 Å². The van der Waals surface area contributed by atoms with Gasteiger partial charge in [0.15, 0.2) is 0 Å². The molecular formula is C19H14F3N5O. The lowest BCUT2D eigenvalue weighted by molar-refractivity contribution is -0.147. The summed E-state index contributed by atoms with van der Waals surface area (Å²) in [6.45, 7) is 1.05. The lowest BCUT2D eigenvalue weighted by atomic mass is 10.1. The van der Waals surface area contributed by atoms with Crippen molar-refractivity contribution < 1.29 is 18.0 Å². The molecule has 1 aromatic heterocycles. The Hall–Kier alpha value is -3.67. The molecule has 1 heterocycles. The number of carbonyl (C=O) groups excluding carboxylic acids is 1.